The van der Waals surface area contributed by atoms with E-state index in [0.717, 1.165) is 29.5 Å². The van der Waals surface area contributed by atoms with Gasteiger partial charge in [-0.2, -0.15) is 5.10 Å². The highest BCUT2D eigenvalue weighted by molar-refractivity contribution is 5.59. The lowest BCUT2D eigenvalue weighted by atomic mass is 10.1. The minimum Gasteiger partial charge on any atom is -0.385 e. The zero-order chi connectivity index (χ0) is 12.1. The summed E-state index contributed by atoms with van der Waals surface area (Å²) in [6.07, 6.45) is 2.70. The Bertz CT molecular complexity index is 431. The van der Waals surface area contributed by atoms with Crippen LogP contribution in [0.25, 0.3) is 11.4 Å². The van der Waals surface area contributed by atoms with Gasteiger partial charge in [-0.15, -0.1) is 0 Å². The Kier molecular flexibility index (Phi) is 3.75. The fourth-order valence-corrected chi connectivity index (χ4v) is 1.60. The van der Waals surface area contributed by atoms with Gasteiger partial charge in [0.1, 0.15) is 6.33 Å². The number of hydrogen-bond donors (Lipinski definition) is 2. The lowest BCUT2D eigenvalue weighted by Gasteiger charge is -2.08. The van der Waals surface area contributed by atoms with E-state index in [9.17, 15) is 0 Å². The molecule has 0 saturated heterocycles. The number of nitrogens with zero attached hydrogens (tertiary/aromatic N) is 2. The van der Waals surface area contributed by atoms with Crippen LogP contribution in [-0.4, -0.2) is 21.7 Å². The highest BCUT2D eigenvalue weighted by Gasteiger charge is 2.00. The predicted molar refractivity (Wildman–Crippen MR) is 69.8 cm³/mol. The third-order valence-electron chi connectivity index (χ3n) is 2.62. The summed E-state index contributed by atoms with van der Waals surface area (Å²) >= 11 is 0. The normalized spacial score (nSPS) is 10.8. The van der Waals surface area contributed by atoms with Crippen molar-refractivity contribution in [3.63, 3.8) is 0 Å². The van der Waals surface area contributed by atoms with Gasteiger partial charge in [-0.1, -0.05) is 13.8 Å². The van der Waals surface area contributed by atoms with E-state index in [-0.39, 0.29) is 0 Å². The van der Waals surface area contributed by atoms with Crippen LogP contribution in [0.3, 0.4) is 0 Å². The fourth-order valence-electron chi connectivity index (χ4n) is 1.60. The Balaban J connectivity index is 1.94. The summed E-state index contributed by atoms with van der Waals surface area (Å²) in [5.74, 6) is 1.54. The molecule has 0 radical (unpaired) electrons. The third kappa shape index (κ3) is 3.31. The lowest BCUT2D eigenvalue weighted by molar-refractivity contribution is 0.607. The van der Waals surface area contributed by atoms with Crippen LogP contribution in [0.15, 0.2) is 30.6 Å². The van der Waals surface area contributed by atoms with Gasteiger partial charge in [0, 0.05) is 17.8 Å². The van der Waals surface area contributed by atoms with Gasteiger partial charge < -0.3 is 5.32 Å². The highest BCUT2D eigenvalue weighted by atomic mass is 15.2. The van der Waals surface area contributed by atoms with Crippen molar-refractivity contribution in [1.82, 2.24) is 15.2 Å². The Morgan fingerprint density at radius 1 is 1.24 bits per heavy atom. The number of aromatic nitrogens is 3. The molecule has 17 heavy (non-hydrogen) atoms. The number of rotatable bonds is 5. The van der Waals surface area contributed by atoms with Crippen molar-refractivity contribution in [3.8, 4) is 11.4 Å². The monoisotopic (exact) mass is 230 g/mol. The summed E-state index contributed by atoms with van der Waals surface area (Å²) in [5, 5.41) is 10.1. The molecule has 0 saturated carbocycles. The second-order valence-electron chi connectivity index (χ2n) is 4.52. The van der Waals surface area contributed by atoms with Gasteiger partial charge in [0.05, 0.1) is 0 Å². The molecule has 4 nitrogen and oxygen atoms in total. The first-order valence-corrected chi connectivity index (χ1v) is 5.95. The summed E-state index contributed by atoms with van der Waals surface area (Å²) < 4.78 is 0. The molecule has 0 aliphatic heterocycles. The van der Waals surface area contributed by atoms with Crippen LogP contribution in [0.1, 0.15) is 20.3 Å². The average Bonchev–Trinajstić information content (AvgIpc) is 2.83. The van der Waals surface area contributed by atoms with Crippen molar-refractivity contribution in [1.29, 1.82) is 0 Å². The molecular formula is C13H18N4. The Hall–Kier alpha value is -1.84. The molecule has 4 heteroatoms. The van der Waals surface area contributed by atoms with Crippen LogP contribution in [0.4, 0.5) is 5.69 Å². The molecule has 0 fully saturated rings. The highest BCUT2D eigenvalue weighted by Crippen LogP contribution is 2.17. The van der Waals surface area contributed by atoms with Gasteiger partial charge in [0.15, 0.2) is 5.82 Å². The molecule has 0 aliphatic carbocycles. The van der Waals surface area contributed by atoms with E-state index >= 15 is 0 Å². The summed E-state index contributed by atoms with van der Waals surface area (Å²) in [6.45, 7) is 5.47. The first kappa shape index (κ1) is 11.6. The van der Waals surface area contributed by atoms with Crippen molar-refractivity contribution < 1.29 is 0 Å². The van der Waals surface area contributed by atoms with Gasteiger partial charge in [0.2, 0.25) is 0 Å². The van der Waals surface area contributed by atoms with Crippen molar-refractivity contribution in [2.45, 2.75) is 20.3 Å². The first-order valence-electron chi connectivity index (χ1n) is 5.95. The van der Waals surface area contributed by atoms with E-state index in [1.807, 2.05) is 12.1 Å². The van der Waals surface area contributed by atoms with E-state index in [1.54, 1.807) is 0 Å². The van der Waals surface area contributed by atoms with Crippen molar-refractivity contribution in [3.05, 3.63) is 30.6 Å². The summed E-state index contributed by atoms with van der Waals surface area (Å²) in [4.78, 5) is 4.11. The van der Waals surface area contributed by atoms with Crippen LogP contribution in [0.2, 0.25) is 0 Å². The smallest absolute Gasteiger partial charge is 0.155 e. The molecular weight excluding hydrogens is 212 g/mol. The Morgan fingerprint density at radius 2 is 2.00 bits per heavy atom. The number of anilines is 1. The molecule has 1 aromatic carbocycles. The largest absolute Gasteiger partial charge is 0.385 e. The molecule has 0 bridgehead atoms. The van der Waals surface area contributed by atoms with Gasteiger partial charge in [0.25, 0.3) is 0 Å². The standard InChI is InChI=1S/C13H18N4/c1-10(2)7-8-14-12-5-3-11(4-6-12)13-15-9-16-17-13/h3-6,9-10,14H,7-8H2,1-2H3,(H,15,16,17). The van der Waals surface area contributed by atoms with Crippen LogP contribution >= 0.6 is 0 Å². The number of benzene rings is 1. The van der Waals surface area contributed by atoms with Crippen molar-refractivity contribution >= 4 is 5.69 Å². The second kappa shape index (κ2) is 5.48. The number of aromatic amines is 1. The fraction of sp³-hybridized carbons (Fsp3) is 0.385. The van der Waals surface area contributed by atoms with E-state index in [4.69, 9.17) is 0 Å². The van der Waals surface area contributed by atoms with E-state index in [0.29, 0.717) is 0 Å². The molecule has 2 aromatic rings. The zero-order valence-corrected chi connectivity index (χ0v) is 10.3. The van der Waals surface area contributed by atoms with Crippen LogP contribution < -0.4 is 5.32 Å². The molecule has 90 valence electrons. The van der Waals surface area contributed by atoms with E-state index in [1.165, 1.54) is 12.7 Å². The molecule has 2 rings (SSSR count). The predicted octanol–water partition coefficient (Wildman–Crippen LogP) is 2.93. The van der Waals surface area contributed by atoms with Crippen LogP contribution in [-0.2, 0) is 0 Å². The van der Waals surface area contributed by atoms with Crippen molar-refractivity contribution in [2.24, 2.45) is 5.92 Å². The van der Waals surface area contributed by atoms with Gasteiger partial charge >= 0.3 is 0 Å². The second-order valence-corrected chi connectivity index (χ2v) is 4.52. The van der Waals surface area contributed by atoms with Gasteiger partial charge in [-0.3, -0.25) is 5.10 Å². The molecule has 0 atom stereocenters. The van der Waals surface area contributed by atoms with E-state index in [2.05, 4.69) is 46.5 Å². The van der Waals surface area contributed by atoms with Crippen molar-refractivity contribution in [2.75, 3.05) is 11.9 Å². The minimum atomic E-state index is 0.732. The topological polar surface area (TPSA) is 53.6 Å². The van der Waals surface area contributed by atoms with Gasteiger partial charge in [-0.25, -0.2) is 4.98 Å². The third-order valence-corrected chi connectivity index (χ3v) is 2.62. The molecule has 0 unspecified atom stereocenters. The number of H-pyrrole nitrogens is 1. The lowest BCUT2D eigenvalue weighted by Crippen LogP contribution is -2.04. The number of nitrogens with one attached hydrogen (secondary N) is 2. The minimum absolute atomic E-state index is 0.732. The number of hydrogen-bond acceptors (Lipinski definition) is 3. The van der Waals surface area contributed by atoms with Crippen LogP contribution in [0, 0.1) is 5.92 Å². The van der Waals surface area contributed by atoms with Gasteiger partial charge in [-0.05, 0) is 36.6 Å². The quantitative estimate of drug-likeness (QED) is 0.830. The Morgan fingerprint density at radius 3 is 2.59 bits per heavy atom. The molecule has 0 spiro atoms. The van der Waals surface area contributed by atoms with E-state index < -0.39 is 0 Å². The molecule has 2 N–H and O–H groups in total. The maximum Gasteiger partial charge on any atom is 0.155 e. The maximum absolute atomic E-state index is 4.11. The Labute approximate surface area is 101 Å². The summed E-state index contributed by atoms with van der Waals surface area (Å²) in [5.41, 5.74) is 2.20. The summed E-state index contributed by atoms with van der Waals surface area (Å²) in [7, 11) is 0. The molecule has 0 amide bonds. The SMILES string of the molecule is CC(C)CCNc1ccc(-c2ncn[nH]2)cc1. The van der Waals surface area contributed by atoms with Crippen LogP contribution in [0.5, 0.6) is 0 Å². The first-order chi connectivity index (χ1) is 8.25. The molecule has 1 heterocycles. The average molecular weight is 230 g/mol. The molecule has 1 aromatic heterocycles. The maximum atomic E-state index is 4.11. The zero-order valence-electron chi connectivity index (χ0n) is 10.3. The summed E-state index contributed by atoms with van der Waals surface area (Å²) in [6, 6.07) is 8.22. The molecule has 0 aliphatic rings.